The average molecular weight is 228 g/mol. The van der Waals surface area contributed by atoms with Crippen LogP contribution in [0, 0.1) is 5.82 Å². The normalized spacial score (nSPS) is 11.3. The Balaban J connectivity index is 2.26. The molecule has 0 saturated carbocycles. The van der Waals surface area contributed by atoms with E-state index < -0.39 is 0 Å². The molecular weight excluding hydrogens is 215 g/mol. The molecule has 0 radical (unpaired) electrons. The van der Waals surface area contributed by atoms with E-state index in [4.69, 9.17) is 0 Å². The topological polar surface area (TPSA) is 24.4 Å². The molecule has 17 heavy (non-hydrogen) atoms. The van der Waals surface area contributed by atoms with Crippen molar-refractivity contribution in [3.8, 4) is 0 Å². The summed E-state index contributed by atoms with van der Waals surface area (Å²) in [7, 11) is 1.68. The van der Waals surface area contributed by atoms with Crippen molar-refractivity contribution in [2.45, 2.75) is 0 Å². The highest BCUT2D eigenvalue weighted by Gasteiger charge is 2.05. The minimum atomic E-state index is -0.287. The largest absolute Gasteiger partial charge is 0.338 e. The molecule has 0 atom stereocenters. The van der Waals surface area contributed by atoms with Gasteiger partial charge in [-0.3, -0.25) is 4.99 Å². The molecule has 1 N–H and O–H groups in total. The first-order valence-electron chi connectivity index (χ1n) is 5.35. The molecule has 3 heteroatoms. The van der Waals surface area contributed by atoms with Crippen molar-refractivity contribution in [3.63, 3.8) is 0 Å². The van der Waals surface area contributed by atoms with Crippen molar-refractivity contribution in [1.29, 1.82) is 0 Å². The number of benzene rings is 2. The van der Waals surface area contributed by atoms with Crippen molar-refractivity contribution in [3.05, 3.63) is 66.0 Å². The molecule has 0 fully saturated rings. The summed E-state index contributed by atoms with van der Waals surface area (Å²) < 4.78 is 13.5. The molecule has 0 saturated heterocycles. The van der Waals surface area contributed by atoms with Gasteiger partial charge in [0.15, 0.2) is 0 Å². The summed E-state index contributed by atoms with van der Waals surface area (Å²) in [5.41, 5.74) is 1.36. The molecule has 0 aromatic heterocycles. The van der Waals surface area contributed by atoms with Crippen molar-refractivity contribution in [2.24, 2.45) is 4.99 Å². The van der Waals surface area contributed by atoms with E-state index in [2.05, 4.69) is 10.3 Å². The number of para-hydroxylation sites is 1. The van der Waals surface area contributed by atoms with Crippen LogP contribution in [-0.4, -0.2) is 12.9 Å². The summed E-state index contributed by atoms with van der Waals surface area (Å²) in [5, 5.41) is 2.99. The maximum Gasteiger partial charge on any atom is 0.146 e. The molecule has 86 valence electrons. The standard InChI is InChI=1S/C14H13FN2/c1-16-14(11-7-3-2-4-8-11)17-13-10-6-5-9-12(13)15/h2-10H,1H3,(H,16,17). The zero-order chi connectivity index (χ0) is 12.1. The number of nitrogens with zero attached hydrogens (tertiary/aromatic N) is 1. The van der Waals surface area contributed by atoms with E-state index in [9.17, 15) is 4.39 Å². The molecule has 0 bridgehead atoms. The summed E-state index contributed by atoms with van der Waals surface area (Å²) >= 11 is 0. The lowest BCUT2D eigenvalue weighted by Gasteiger charge is -2.10. The van der Waals surface area contributed by atoms with Crippen LogP contribution in [0.4, 0.5) is 10.1 Å². The second kappa shape index (κ2) is 5.25. The van der Waals surface area contributed by atoms with Gasteiger partial charge in [-0.15, -0.1) is 0 Å². The lowest BCUT2D eigenvalue weighted by molar-refractivity contribution is 0.632. The highest BCUT2D eigenvalue weighted by molar-refractivity contribution is 6.08. The molecule has 2 nitrogen and oxygen atoms in total. The first-order chi connectivity index (χ1) is 8.31. The second-order valence-electron chi connectivity index (χ2n) is 3.54. The van der Waals surface area contributed by atoms with Gasteiger partial charge in [-0.05, 0) is 12.1 Å². The van der Waals surface area contributed by atoms with E-state index in [1.165, 1.54) is 6.07 Å². The van der Waals surface area contributed by atoms with Crippen LogP contribution in [-0.2, 0) is 0 Å². The van der Waals surface area contributed by atoms with E-state index in [0.29, 0.717) is 11.5 Å². The van der Waals surface area contributed by atoms with Crippen molar-refractivity contribution < 1.29 is 4.39 Å². The Bertz CT molecular complexity index is 521. The van der Waals surface area contributed by atoms with Crippen LogP contribution in [0.2, 0.25) is 0 Å². The number of nitrogens with one attached hydrogen (secondary N) is 1. The Hall–Kier alpha value is -2.16. The number of halogens is 1. The van der Waals surface area contributed by atoms with E-state index in [1.807, 2.05) is 30.3 Å². The zero-order valence-corrected chi connectivity index (χ0v) is 9.52. The highest BCUT2D eigenvalue weighted by Crippen LogP contribution is 2.14. The average Bonchev–Trinajstić information content (AvgIpc) is 2.39. The van der Waals surface area contributed by atoms with Crippen LogP contribution >= 0.6 is 0 Å². The van der Waals surface area contributed by atoms with Gasteiger partial charge < -0.3 is 5.32 Å². The molecular formula is C14H13FN2. The first-order valence-corrected chi connectivity index (χ1v) is 5.35. The second-order valence-corrected chi connectivity index (χ2v) is 3.54. The highest BCUT2D eigenvalue weighted by atomic mass is 19.1. The third kappa shape index (κ3) is 2.69. The summed E-state index contributed by atoms with van der Waals surface area (Å²) in [6.45, 7) is 0. The first kappa shape index (κ1) is 11.3. The number of amidine groups is 1. The van der Waals surface area contributed by atoms with E-state index in [1.54, 1.807) is 25.2 Å². The monoisotopic (exact) mass is 228 g/mol. The summed E-state index contributed by atoms with van der Waals surface area (Å²) in [6.07, 6.45) is 0. The Morgan fingerprint density at radius 1 is 1.00 bits per heavy atom. The summed E-state index contributed by atoms with van der Waals surface area (Å²) in [4.78, 5) is 4.13. The van der Waals surface area contributed by atoms with Crippen molar-refractivity contribution in [2.75, 3.05) is 12.4 Å². The van der Waals surface area contributed by atoms with Gasteiger partial charge in [0.1, 0.15) is 11.7 Å². The Labute approximate surface area is 99.8 Å². The molecule has 2 aromatic carbocycles. The van der Waals surface area contributed by atoms with Gasteiger partial charge in [-0.1, -0.05) is 42.5 Å². The molecule has 2 rings (SSSR count). The SMILES string of the molecule is CN=C(Nc1ccccc1F)c1ccccc1. The maximum atomic E-state index is 13.5. The fourth-order valence-corrected chi connectivity index (χ4v) is 1.54. The van der Waals surface area contributed by atoms with Gasteiger partial charge in [-0.25, -0.2) is 4.39 Å². The predicted octanol–water partition coefficient (Wildman–Crippen LogP) is 3.31. The van der Waals surface area contributed by atoms with Gasteiger partial charge in [0.25, 0.3) is 0 Å². The minimum Gasteiger partial charge on any atom is -0.338 e. The van der Waals surface area contributed by atoms with E-state index in [0.717, 1.165) is 5.56 Å². The van der Waals surface area contributed by atoms with Crippen molar-refractivity contribution in [1.82, 2.24) is 0 Å². The third-order valence-corrected chi connectivity index (χ3v) is 2.40. The van der Waals surface area contributed by atoms with E-state index in [-0.39, 0.29) is 5.82 Å². The van der Waals surface area contributed by atoms with Crippen LogP contribution in [0.1, 0.15) is 5.56 Å². The molecule has 0 aliphatic carbocycles. The fourth-order valence-electron chi connectivity index (χ4n) is 1.54. The number of rotatable bonds is 2. The van der Waals surface area contributed by atoms with E-state index >= 15 is 0 Å². The number of hydrogen-bond donors (Lipinski definition) is 1. The fraction of sp³-hybridized carbons (Fsp3) is 0.0714. The van der Waals surface area contributed by atoms with Crippen LogP contribution < -0.4 is 5.32 Å². The van der Waals surface area contributed by atoms with Crippen LogP contribution in [0.3, 0.4) is 0 Å². The molecule has 0 unspecified atom stereocenters. The molecule has 0 heterocycles. The number of aliphatic imine (C=N–C) groups is 1. The Kier molecular flexibility index (Phi) is 3.50. The van der Waals surface area contributed by atoms with Crippen LogP contribution in [0.15, 0.2) is 59.6 Å². The van der Waals surface area contributed by atoms with Gasteiger partial charge in [0, 0.05) is 12.6 Å². The molecule has 0 aliphatic heterocycles. The van der Waals surface area contributed by atoms with Gasteiger partial charge in [0.2, 0.25) is 0 Å². The zero-order valence-electron chi connectivity index (χ0n) is 9.52. The summed E-state index contributed by atoms with van der Waals surface area (Å²) in [5.74, 6) is 0.361. The third-order valence-electron chi connectivity index (χ3n) is 2.40. The van der Waals surface area contributed by atoms with Crippen molar-refractivity contribution >= 4 is 11.5 Å². The van der Waals surface area contributed by atoms with Gasteiger partial charge in [-0.2, -0.15) is 0 Å². The Morgan fingerprint density at radius 3 is 2.29 bits per heavy atom. The Morgan fingerprint density at radius 2 is 1.65 bits per heavy atom. The predicted molar refractivity (Wildman–Crippen MR) is 68.9 cm³/mol. The molecule has 0 amide bonds. The maximum absolute atomic E-state index is 13.5. The summed E-state index contributed by atoms with van der Waals surface area (Å²) in [6, 6.07) is 16.2. The lowest BCUT2D eigenvalue weighted by Crippen LogP contribution is -2.14. The van der Waals surface area contributed by atoms with Gasteiger partial charge in [0.05, 0.1) is 5.69 Å². The molecule has 2 aromatic rings. The smallest absolute Gasteiger partial charge is 0.146 e. The van der Waals surface area contributed by atoms with Gasteiger partial charge >= 0.3 is 0 Å². The minimum absolute atomic E-state index is 0.287. The molecule has 0 aliphatic rings. The molecule has 0 spiro atoms. The van der Waals surface area contributed by atoms with Crippen LogP contribution in [0.5, 0.6) is 0 Å². The lowest BCUT2D eigenvalue weighted by atomic mass is 10.2. The quantitative estimate of drug-likeness (QED) is 0.619. The number of anilines is 1. The number of hydrogen-bond acceptors (Lipinski definition) is 1. The van der Waals surface area contributed by atoms with Crippen LogP contribution in [0.25, 0.3) is 0 Å².